The molecule has 1 aromatic rings. The number of nitrogens with zero attached hydrogens (tertiary/aromatic N) is 4. The molecular formula is C13H26N4O. The Morgan fingerprint density at radius 2 is 2.17 bits per heavy atom. The molecule has 0 aliphatic heterocycles. The Bertz CT molecular complexity index is 314. The molecule has 0 bridgehead atoms. The first kappa shape index (κ1) is 15.1. The quantitative estimate of drug-likeness (QED) is 0.598. The molecule has 0 spiro atoms. The lowest BCUT2D eigenvalue weighted by Crippen LogP contribution is -2.18. The van der Waals surface area contributed by atoms with E-state index in [1.165, 1.54) is 6.42 Å². The number of ether oxygens (including phenoxy) is 1. The highest BCUT2D eigenvalue weighted by Crippen LogP contribution is 2.01. The number of hydrogen-bond acceptors (Lipinski definition) is 4. The fourth-order valence-electron chi connectivity index (χ4n) is 1.88. The van der Waals surface area contributed by atoms with Crippen LogP contribution in [0.2, 0.25) is 0 Å². The Morgan fingerprint density at radius 3 is 2.89 bits per heavy atom. The molecule has 5 nitrogen and oxygen atoms in total. The van der Waals surface area contributed by atoms with Crippen molar-refractivity contribution < 1.29 is 4.74 Å². The average molecular weight is 254 g/mol. The van der Waals surface area contributed by atoms with Crippen LogP contribution in [0.25, 0.3) is 0 Å². The van der Waals surface area contributed by atoms with Crippen LogP contribution in [-0.4, -0.2) is 46.7 Å². The zero-order valence-electron chi connectivity index (χ0n) is 11.9. The minimum Gasteiger partial charge on any atom is -0.382 e. The number of rotatable bonds is 10. The van der Waals surface area contributed by atoms with Gasteiger partial charge in [-0.05, 0) is 39.8 Å². The maximum Gasteiger partial charge on any atom is 0.0967 e. The summed E-state index contributed by atoms with van der Waals surface area (Å²) in [6.07, 6.45) is 5.39. The normalized spacial score (nSPS) is 11.3. The van der Waals surface area contributed by atoms with Crippen LogP contribution in [0.4, 0.5) is 0 Å². The molecule has 5 heteroatoms. The SMILES string of the molecule is CCCN(C)Cc1cn(CCCCOCC)nn1. The number of hydrogen-bond donors (Lipinski definition) is 0. The molecule has 1 heterocycles. The Morgan fingerprint density at radius 1 is 1.33 bits per heavy atom. The van der Waals surface area contributed by atoms with Crippen LogP contribution < -0.4 is 0 Å². The lowest BCUT2D eigenvalue weighted by Gasteiger charge is -2.12. The van der Waals surface area contributed by atoms with E-state index in [2.05, 4.69) is 29.2 Å². The van der Waals surface area contributed by atoms with E-state index in [-0.39, 0.29) is 0 Å². The molecule has 0 saturated heterocycles. The largest absolute Gasteiger partial charge is 0.382 e. The number of aromatic nitrogens is 3. The van der Waals surface area contributed by atoms with Gasteiger partial charge >= 0.3 is 0 Å². The smallest absolute Gasteiger partial charge is 0.0967 e. The minimum atomic E-state index is 0.803. The van der Waals surface area contributed by atoms with Crippen LogP contribution in [0, 0.1) is 0 Å². The molecule has 0 N–H and O–H groups in total. The summed E-state index contributed by atoms with van der Waals surface area (Å²) in [4.78, 5) is 2.27. The highest BCUT2D eigenvalue weighted by atomic mass is 16.5. The zero-order valence-corrected chi connectivity index (χ0v) is 11.9. The van der Waals surface area contributed by atoms with Crippen LogP contribution in [0.1, 0.15) is 38.8 Å². The topological polar surface area (TPSA) is 43.2 Å². The molecule has 0 amide bonds. The maximum atomic E-state index is 5.30. The van der Waals surface area contributed by atoms with Crippen molar-refractivity contribution in [1.29, 1.82) is 0 Å². The van der Waals surface area contributed by atoms with Gasteiger partial charge in [0.15, 0.2) is 0 Å². The summed E-state index contributed by atoms with van der Waals surface area (Å²) in [6.45, 7) is 8.77. The number of unbranched alkanes of at least 4 members (excludes halogenated alkanes) is 1. The fraction of sp³-hybridized carbons (Fsp3) is 0.846. The third kappa shape index (κ3) is 6.12. The average Bonchev–Trinajstić information content (AvgIpc) is 2.77. The zero-order chi connectivity index (χ0) is 13.2. The molecule has 0 atom stereocenters. The summed E-state index contributed by atoms with van der Waals surface area (Å²) in [6, 6.07) is 0. The predicted molar refractivity (Wildman–Crippen MR) is 72.4 cm³/mol. The van der Waals surface area contributed by atoms with Crippen LogP contribution in [0.3, 0.4) is 0 Å². The van der Waals surface area contributed by atoms with E-state index in [1.807, 2.05) is 17.8 Å². The van der Waals surface area contributed by atoms with Gasteiger partial charge in [0, 0.05) is 32.5 Å². The lowest BCUT2D eigenvalue weighted by molar-refractivity contribution is 0.142. The van der Waals surface area contributed by atoms with Crippen LogP contribution >= 0.6 is 0 Å². The van der Waals surface area contributed by atoms with Gasteiger partial charge in [0.2, 0.25) is 0 Å². The van der Waals surface area contributed by atoms with Gasteiger partial charge in [0.25, 0.3) is 0 Å². The van der Waals surface area contributed by atoms with Crippen LogP contribution in [-0.2, 0) is 17.8 Å². The first-order valence-corrected chi connectivity index (χ1v) is 6.91. The summed E-state index contributed by atoms with van der Waals surface area (Å²) >= 11 is 0. The van der Waals surface area contributed by atoms with Crippen molar-refractivity contribution in [3.8, 4) is 0 Å². The van der Waals surface area contributed by atoms with Crippen molar-refractivity contribution in [3.63, 3.8) is 0 Å². The molecule has 0 aliphatic rings. The van der Waals surface area contributed by atoms with Crippen LogP contribution in [0.15, 0.2) is 6.20 Å². The first-order valence-electron chi connectivity index (χ1n) is 6.91. The Balaban J connectivity index is 2.21. The van der Waals surface area contributed by atoms with Crippen molar-refractivity contribution >= 4 is 0 Å². The highest BCUT2D eigenvalue weighted by Gasteiger charge is 2.03. The van der Waals surface area contributed by atoms with Gasteiger partial charge in [-0.25, -0.2) is 0 Å². The standard InChI is InChI=1S/C13H26N4O/c1-4-8-16(3)11-13-12-17(15-14-13)9-6-7-10-18-5-2/h12H,4-11H2,1-3H3. The molecular weight excluding hydrogens is 228 g/mol. The summed E-state index contributed by atoms with van der Waals surface area (Å²) in [5, 5.41) is 8.34. The Labute approximate surface area is 110 Å². The van der Waals surface area contributed by atoms with Gasteiger partial charge in [-0.15, -0.1) is 5.10 Å². The van der Waals surface area contributed by atoms with Crippen LogP contribution in [0.5, 0.6) is 0 Å². The maximum absolute atomic E-state index is 5.30. The van der Waals surface area contributed by atoms with Crippen molar-refractivity contribution in [2.24, 2.45) is 0 Å². The van der Waals surface area contributed by atoms with E-state index in [0.29, 0.717) is 0 Å². The molecule has 104 valence electrons. The third-order valence-corrected chi connectivity index (χ3v) is 2.75. The van der Waals surface area contributed by atoms with E-state index in [1.54, 1.807) is 0 Å². The molecule has 0 saturated carbocycles. The highest BCUT2D eigenvalue weighted by molar-refractivity contribution is 4.91. The molecule has 1 rings (SSSR count). The van der Waals surface area contributed by atoms with Crippen molar-refractivity contribution in [2.75, 3.05) is 26.8 Å². The molecule has 0 aliphatic carbocycles. The second kappa shape index (κ2) is 9.05. The van der Waals surface area contributed by atoms with Gasteiger partial charge < -0.3 is 9.64 Å². The monoisotopic (exact) mass is 254 g/mol. The van der Waals surface area contributed by atoms with Crippen molar-refractivity contribution in [2.45, 2.75) is 46.2 Å². The van der Waals surface area contributed by atoms with E-state index < -0.39 is 0 Å². The predicted octanol–water partition coefficient (Wildman–Crippen LogP) is 1.94. The summed E-state index contributed by atoms with van der Waals surface area (Å²) in [5.74, 6) is 0. The van der Waals surface area contributed by atoms with Crippen molar-refractivity contribution in [3.05, 3.63) is 11.9 Å². The molecule has 1 aromatic heterocycles. The Kier molecular flexibility index (Phi) is 7.60. The number of aryl methyl sites for hydroxylation is 1. The molecule has 0 radical (unpaired) electrons. The summed E-state index contributed by atoms with van der Waals surface area (Å²) < 4.78 is 7.24. The van der Waals surface area contributed by atoms with Gasteiger partial charge in [0.05, 0.1) is 5.69 Å². The Hall–Kier alpha value is -0.940. The molecule has 0 fully saturated rings. The summed E-state index contributed by atoms with van der Waals surface area (Å²) in [5.41, 5.74) is 1.05. The van der Waals surface area contributed by atoms with E-state index >= 15 is 0 Å². The molecule has 0 aromatic carbocycles. The van der Waals surface area contributed by atoms with Gasteiger partial charge in [-0.1, -0.05) is 12.1 Å². The minimum absolute atomic E-state index is 0.803. The molecule has 18 heavy (non-hydrogen) atoms. The second-order valence-electron chi connectivity index (χ2n) is 4.61. The van der Waals surface area contributed by atoms with Gasteiger partial charge in [-0.3, -0.25) is 4.68 Å². The van der Waals surface area contributed by atoms with E-state index in [9.17, 15) is 0 Å². The first-order chi connectivity index (χ1) is 8.76. The molecule has 0 unspecified atom stereocenters. The fourth-order valence-corrected chi connectivity index (χ4v) is 1.88. The third-order valence-electron chi connectivity index (χ3n) is 2.75. The lowest BCUT2D eigenvalue weighted by atomic mass is 10.3. The van der Waals surface area contributed by atoms with E-state index in [0.717, 1.165) is 51.4 Å². The van der Waals surface area contributed by atoms with Crippen molar-refractivity contribution in [1.82, 2.24) is 19.9 Å². The van der Waals surface area contributed by atoms with E-state index in [4.69, 9.17) is 4.74 Å². The van der Waals surface area contributed by atoms with Gasteiger partial charge in [0.1, 0.15) is 0 Å². The second-order valence-corrected chi connectivity index (χ2v) is 4.61. The summed E-state index contributed by atoms with van der Waals surface area (Å²) in [7, 11) is 2.12. The van der Waals surface area contributed by atoms with Gasteiger partial charge in [-0.2, -0.15) is 0 Å².